The van der Waals surface area contributed by atoms with E-state index >= 15 is 0 Å². The highest BCUT2D eigenvalue weighted by molar-refractivity contribution is 5.34. The summed E-state index contributed by atoms with van der Waals surface area (Å²) in [5.74, 6) is 0. The van der Waals surface area contributed by atoms with Crippen molar-refractivity contribution in [3.8, 4) is 0 Å². The third-order valence-corrected chi connectivity index (χ3v) is 4.41. The summed E-state index contributed by atoms with van der Waals surface area (Å²) in [4.78, 5) is 2.61. The van der Waals surface area contributed by atoms with Crippen LogP contribution in [0.2, 0.25) is 0 Å². The highest BCUT2D eigenvalue weighted by Gasteiger charge is 2.21. The molecule has 0 N–H and O–H groups in total. The number of rotatable bonds is 8. The molecule has 1 atom stereocenters. The number of unbranched alkanes of at least 4 members (excludes halogenated alkanes) is 1. The van der Waals surface area contributed by atoms with E-state index in [-0.39, 0.29) is 0 Å². The molecule has 1 aromatic carbocycles. The normalized spacial score (nSPS) is 18.0. The molecule has 0 saturated carbocycles. The fourth-order valence-corrected chi connectivity index (χ4v) is 3.24. The van der Waals surface area contributed by atoms with Gasteiger partial charge in [0.05, 0.1) is 12.7 Å². The van der Waals surface area contributed by atoms with Crippen molar-refractivity contribution < 1.29 is 4.74 Å². The van der Waals surface area contributed by atoms with E-state index in [4.69, 9.17) is 4.74 Å². The Morgan fingerprint density at radius 1 is 1.14 bits per heavy atom. The first-order chi connectivity index (χ1) is 10.2. The van der Waals surface area contributed by atoms with Gasteiger partial charge in [0.2, 0.25) is 0 Å². The first-order valence-corrected chi connectivity index (χ1v) is 8.68. The molecule has 2 heteroatoms. The van der Waals surface area contributed by atoms with Crippen LogP contribution in [0.3, 0.4) is 0 Å². The quantitative estimate of drug-likeness (QED) is 0.698. The molecule has 118 valence electrons. The zero-order chi connectivity index (χ0) is 15.1. The third kappa shape index (κ3) is 4.82. The lowest BCUT2D eigenvalue weighted by molar-refractivity contribution is 0.0291. The molecular formula is C19H31NO. The lowest BCUT2D eigenvalue weighted by Crippen LogP contribution is -2.29. The molecule has 1 unspecified atom stereocenters. The minimum atomic E-state index is 0.301. The second-order valence-corrected chi connectivity index (χ2v) is 6.30. The van der Waals surface area contributed by atoms with Gasteiger partial charge >= 0.3 is 0 Å². The van der Waals surface area contributed by atoms with Crippen LogP contribution in [0, 0.1) is 6.92 Å². The van der Waals surface area contributed by atoms with E-state index in [1.54, 1.807) is 0 Å². The van der Waals surface area contributed by atoms with E-state index in [0.717, 1.165) is 26.0 Å². The number of hydrogen-bond acceptors (Lipinski definition) is 2. The standard InChI is InChI=1S/C19H31NO/c1-4-6-12-20(11-5-2)13-9-19-18-8-7-16(3)15-17(18)10-14-21-19/h7-8,15,19H,4-6,9-14H2,1-3H3. The van der Waals surface area contributed by atoms with Crippen molar-refractivity contribution in [2.45, 2.75) is 59.0 Å². The van der Waals surface area contributed by atoms with E-state index < -0.39 is 0 Å². The van der Waals surface area contributed by atoms with E-state index in [2.05, 4.69) is 43.9 Å². The van der Waals surface area contributed by atoms with E-state index in [9.17, 15) is 0 Å². The number of ether oxygens (including phenoxy) is 1. The number of nitrogens with zero attached hydrogens (tertiary/aromatic N) is 1. The van der Waals surface area contributed by atoms with E-state index in [1.807, 2.05) is 0 Å². The molecule has 0 amide bonds. The van der Waals surface area contributed by atoms with Gasteiger partial charge in [0.25, 0.3) is 0 Å². The predicted octanol–water partition coefficient (Wildman–Crippen LogP) is 4.51. The van der Waals surface area contributed by atoms with Crippen LogP contribution < -0.4 is 0 Å². The molecule has 0 aliphatic carbocycles. The van der Waals surface area contributed by atoms with Crippen LogP contribution in [-0.4, -0.2) is 31.1 Å². The van der Waals surface area contributed by atoms with Crippen molar-refractivity contribution in [1.29, 1.82) is 0 Å². The monoisotopic (exact) mass is 289 g/mol. The second kappa shape index (κ2) is 8.55. The molecule has 0 fully saturated rings. The van der Waals surface area contributed by atoms with Crippen molar-refractivity contribution in [3.05, 3.63) is 34.9 Å². The molecule has 21 heavy (non-hydrogen) atoms. The zero-order valence-electron chi connectivity index (χ0n) is 14.0. The predicted molar refractivity (Wildman–Crippen MR) is 89.8 cm³/mol. The number of benzene rings is 1. The minimum Gasteiger partial charge on any atom is -0.373 e. The number of hydrogen-bond donors (Lipinski definition) is 0. The van der Waals surface area contributed by atoms with E-state index in [0.29, 0.717) is 6.10 Å². The Kier molecular flexibility index (Phi) is 6.72. The summed E-state index contributed by atoms with van der Waals surface area (Å²) < 4.78 is 6.05. The fourth-order valence-electron chi connectivity index (χ4n) is 3.24. The summed E-state index contributed by atoms with van der Waals surface area (Å²) in [6.45, 7) is 11.2. The Morgan fingerprint density at radius 3 is 2.76 bits per heavy atom. The maximum atomic E-state index is 6.05. The molecular weight excluding hydrogens is 258 g/mol. The van der Waals surface area contributed by atoms with Gasteiger partial charge in [-0.25, -0.2) is 0 Å². The molecule has 2 nitrogen and oxygen atoms in total. The lowest BCUT2D eigenvalue weighted by Gasteiger charge is -2.29. The number of fused-ring (bicyclic) bond motifs is 1. The summed E-state index contributed by atoms with van der Waals surface area (Å²) in [7, 11) is 0. The van der Waals surface area contributed by atoms with Gasteiger partial charge in [-0.2, -0.15) is 0 Å². The van der Waals surface area contributed by atoms with Crippen LogP contribution in [-0.2, 0) is 11.2 Å². The molecule has 1 aliphatic heterocycles. The van der Waals surface area contributed by atoms with Gasteiger partial charge in [-0.1, -0.05) is 44.0 Å². The van der Waals surface area contributed by atoms with Gasteiger partial charge in [0.1, 0.15) is 0 Å². The number of aryl methyl sites for hydroxylation is 1. The van der Waals surface area contributed by atoms with Crippen LogP contribution in [0.5, 0.6) is 0 Å². The zero-order valence-corrected chi connectivity index (χ0v) is 14.0. The largest absolute Gasteiger partial charge is 0.373 e. The van der Waals surface area contributed by atoms with Crippen LogP contribution in [0.4, 0.5) is 0 Å². The van der Waals surface area contributed by atoms with E-state index in [1.165, 1.54) is 49.0 Å². The smallest absolute Gasteiger partial charge is 0.0839 e. The molecule has 1 aliphatic rings. The summed E-state index contributed by atoms with van der Waals surface area (Å²) >= 11 is 0. The maximum Gasteiger partial charge on any atom is 0.0839 e. The molecule has 0 aromatic heterocycles. The molecule has 1 aromatic rings. The molecule has 0 spiro atoms. The van der Waals surface area contributed by atoms with Crippen molar-refractivity contribution in [2.75, 3.05) is 26.2 Å². The van der Waals surface area contributed by atoms with Gasteiger partial charge in [-0.15, -0.1) is 0 Å². The molecule has 1 heterocycles. The maximum absolute atomic E-state index is 6.05. The van der Waals surface area contributed by atoms with Crippen molar-refractivity contribution in [1.82, 2.24) is 4.90 Å². The average Bonchev–Trinajstić information content (AvgIpc) is 2.49. The van der Waals surface area contributed by atoms with Crippen molar-refractivity contribution in [2.24, 2.45) is 0 Å². The van der Waals surface area contributed by atoms with Gasteiger partial charge in [0, 0.05) is 6.54 Å². The Morgan fingerprint density at radius 2 is 2.00 bits per heavy atom. The lowest BCUT2D eigenvalue weighted by atomic mass is 9.94. The fraction of sp³-hybridized carbons (Fsp3) is 0.684. The highest BCUT2D eigenvalue weighted by atomic mass is 16.5. The molecule has 2 rings (SSSR count). The van der Waals surface area contributed by atoms with Crippen LogP contribution in [0.15, 0.2) is 18.2 Å². The Labute approximate surface area is 130 Å². The van der Waals surface area contributed by atoms with Crippen molar-refractivity contribution in [3.63, 3.8) is 0 Å². The Hall–Kier alpha value is -0.860. The SMILES string of the molecule is CCCCN(CCC)CCC1OCCc2cc(C)ccc21. The molecule has 0 saturated heterocycles. The molecule has 0 bridgehead atoms. The van der Waals surface area contributed by atoms with Gasteiger partial charge < -0.3 is 9.64 Å². The Balaban J connectivity index is 1.94. The van der Waals surface area contributed by atoms with Crippen LogP contribution in [0.1, 0.15) is 62.3 Å². The van der Waals surface area contributed by atoms with Gasteiger partial charge in [-0.3, -0.25) is 0 Å². The van der Waals surface area contributed by atoms with Crippen molar-refractivity contribution >= 4 is 0 Å². The van der Waals surface area contributed by atoms with Crippen LogP contribution in [0.25, 0.3) is 0 Å². The third-order valence-electron chi connectivity index (χ3n) is 4.41. The van der Waals surface area contributed by atoms with Gasteiger partial charge in [-0.05, 0) is 56.8 Å². The summed E-state index contributed by atoms with van der Waals surface area (Å²) in [6.07, 6.45) is 6.33. The first kappa shape index (κ1) is 16.5. The summed E-state index contributed by atoms with van der Waals surface area (Å²) in [5, 5.41) is 0. The molecule has 0 radical (unpaired) electrons. The highest BCUT2D eigenvalue weighted by Crippen LogP contribution is 2.30. The minimum absolute atomic E-state index is 0.301. The Bertz CT molecular complexity index is 430. The summed E-state index contributed by atoms with van der Waals surface area (Å²) in [5.41, 5.74) is 4.30. The van der Waals surface area contributed by atoms with Gasteiger partial charge in [0.15, 0.2) is 0 Å². The summed E-state index contributed by atoms with van der Waals surface area (Å²) in [6, 6.07) is 6.85. The average molecular weight is 289 g/mol. The first-order valence-electron chi connectivity index (χ1n) is 8.68. The topological polar surface area (TPSA) is 12.5 Å². The van der Waals surface area contributed by atoms with Crippen LogP contribution >= 0.6 is 0 Å². The second-order valence-electron chi connectivity index (χ2n) is 6.30.